The molecular weight excluding hydrogens is 238 g/mol. The van der Waals surface area contributed by atoms with Gasteiger partial charge in [-0.25, -0.2) is 0 Å². The molecule has 2 heterocycles. The van der Waals surface area contributed by atoms with Gasteiger partial charge in [0.05, 0.1) is 0 Å². The van der Waals surface area contributed by atoms with Gasteiger partial charge in [-0.2, -0.15) is 0 Å². The Balaban J connectivity index is 1.85. The average Bonchev–Trinajstić information content (AvgIpc) is 2.80. The van der Waals surface area contributed by atoms with Crippen molar-refractivity contribution in [1.29, 1.82) is 0 Å². The number of hydrogen-bond acceptors (Lipinski definition) is 2. The van der Waals surface area contributed by atoms with E-state index in [4.69, 9.17) is 0 Å². The van der Waals surface area contributed by atoms with E-state index in [-0.39, 0.29) is 5.91 Å². The van der Waals surface area contributed by atoms with Crippen LogP contribution in [0.2, 0.25) is 0 Å². The predicted molar refractivity (Wildman–Crippen MR) is 76.3 cm³/mol. The molecule has 4 heteroatoms. The third kappa shape index (κ3) is 2.24. The molecule has 0 radical (unpaired) electrons. The lowest BCUT2D eigenvalue weighted by molar-refractivity contribution is 0.0664. The van der Waals surface area contributed by atoms with Gasteiger partial charge in [-0.05, 0) is 31.3 Å². The van der Waals surface area contributed by atoms with Crippen molar-refractivity contribution in [3.63, 3.8) is 0 Å². The highest BCUT2D eigenvalue weighted by Gasteiger charge is 2.20. The summed E-state index contributed by atoms with van der Waals surface area (Å²) in [4.78, 5) is 16.7. The van der Waals surface area contributed by atoms with Crippen molar-refractivity contribution in [3.8, 4) is 0 Å². The van der Waals surface area contributed by atoms with Crippen LogP contribution in [0.4, 0.5) is 0 Å². The minimum Gasteiger partial charge on any atom is -0.351 e. The number of benzene rings is 1. The maximum Gasteiger partial charge on any atom is 0.253 e. The smallest absolute Gasteiger partial charge is 0.253 e. The predicted octanol–water partition coefficient (Wildman–Crippen LogP) is 1.57. The van der Waals surface area contributed by atoms with Crippen LogP contribution in [0.25, 0.3) is 10.9 Å². The SMILES string of the molecule is CN1CCN(C(=O)c2ccc3c(ccn3C)c2)CC1. The highest BCUT2D eigenvalue weighted by molar-refractivity contribution is 5.98. The summed E-state index contributed by atoms with van der Waals surface area (Å²) in [7, 11) is 4.11. The third-order valence-electron chi connectivity index (χ3n) is 3.92. The lowest BCUT2D eigenvalue weighted by Crippen LogP contribution is -2.47. The molecule has 100 valence electrons. The van der Waals surface area contributed by atoms with Crippen LogP contribution in [0.15, 0.2) is 30.5 Å². The molecule has 1 fully saturated rings. The van der Waals surface area contributed by atoms with Crippen molar-refractivity contribution >= 4 is 16.8 Å². The van der Waals surface area contributed by atoms with Crippen molar-refractivity contribution < 1.29 is 4.79 Å². The van der Waals surface area contributed by atoms with Gasteiger partial charge in [0, 0.05) is 55.9 Å². The van der Waals surface area contributed by atoms with Crippen LogP contribution in [0.3, 0.4) is 0 Å². The van der Waals surface area contributed by atoms with Crippen LogP contribution in [-0.4, -0.2) is 53.5 Å². The van der Waals surface area contributed by atoms with Crippen molar-refractivity contribution in [3.05, 3.63) is 36.0 Å². The zero-order chi connectivity index (χ0) is 13.4. The van der Waals surface area contributed by atoms with Gasteiger partial charge in [0.1, 0.15) is 0 Å². The summed E-state index contributed by atoms with van der Waals surface area (Å²) in [6, 6.07) is 8.01. The average molecular weight is 257 g/mol. The van der Waals surface area contributed by atoms with E-state index in [2.05, 4.69) is 22.6 Å². The minimum atomic E-state index is 0.152. The number of piperazine rings is 1. The molecule has 1 aliphatic rings. The van der Waals surface area contributed by atoms with Crippen LogP contribution in [-0.2, 0) is 7.05 Å². The Morgan fingerprint density at radius 3 is 2.53 bits per heavy atom. The lowest BCUT2D eigenvalue weighted by atomic mass is 10.1. The summed E-state index contributed by atoms with van der Waals surface area (Å²) >= 11 is 0. The summed E-state index contributed by atoms with van der Waals surface area (Å²) < 4.78 is 2.07. The number of fused-ring (bicyclic) bond motifs is 1. The Bertz CT molecular complexity index is 609. The Kier molecular flexibility index (Phi) is 3.03. The Labute approximate surface area is 113 Å². The van der Waals surface area contributed by atoms with Gasteiger partial charge in [-0.1, -0.05) is 0 Å². The van der Waals surface area contributed by atoms with E-state index in [1.54, 1.807) is 0 Å². The van der Waals surface area contributed by atoms with Gasteiger partial charge in [-0.3, -0.25) is 4.79 Å². The van der Waals surface area contributed by atoms with E-state index in [0.717, 1.165) is 42.6 Å². The summed E-state index contributed by atoms with van der Waals surface area (Å²) in [5.41, 5.74) is 1.96. The molecule has 1 aromatic heterocycles. The van der Waals surface area contributed by atoms with E-state index < -0.39 is 0 Å². The number of aryl methyl sites for hydroxylation is 1. The van der Waals surface area contributed by atoms with Gasteiger partial charge in [0.2, 0.25) is 0 Å². The van der Waals surface area contributed by atoms with Crippen LogP contribution in [0, 0.1) is 0 Å². The highest BCUT2D eigenvalue weighted by Crippen LogP contribution is 2.18. The molecule has 1 amide bonds. The molecule has 3 rings (SSSR count). The van der Waals surface area contributed by atoms with Crippen LogP contribution in [0.1, 0.15) is 10.4 Å². The number of aromatic nitrogens is 1. The number of carbonyl (C=O) groups is 1. The van der Waals surface area contributed by atoms with Crippen molar-refractivity contribution in [1.82, 2.24) is 14.4 Å². The van der Waals surface area contributed by atoms with E-state index in [9.17, 15) is 4.79 Å². The topological polar surface area (TPSA) is 28.5 Å². The molecule has 4 nitrogen and oxygen atoms in total. The summed E-state index contributed by atoms with van der Waals surface area (Å²) in [6.07, 6.45) is 2.02. The monoisotopic (exact) mass is 257 g/mol. The number of nitrogens with zero attached hydrogens (tertiary/aromatic N) is 3. The summed E-state index contributed by atoms with van der Waals surface area (Å²) in [6.45, 7) is 3.56. The van der Waals surface area contributed by atoms with Gasteiger partial charge in [0.15, 0.2) is 0 Å². The van der Waals surface area contributed by atoms with Gasteiger partial charge >= 0.3 is 0 Å². The number of carbonyl (C=O) groups excluding carboxylic acids is 1. The Morgan fingerprint density at radius 2 is 1.79 bits per heavy atom. The number of amides is 1. The second-order valence-corrected chi connectivity index (χ2v) is 5.30. The normalized spacial score (nSPS) is 17.1. The Hall–Kier alpha value is -1.81. The molecule has 0 bridgehead atoms. The van der Waals surface area contributed by atoms with Crippen molar-refractivity contribution in [2.75, 3.05) is 33.2 Å². The molecule has 2 aromatic rings. The molecule has 1 aromatic carbocycles. The molecule has 0 atom stereocenters. The molecule has 0 N–H and O–H groups in total. The van der Waals surface area contributed by atoms with Crippen LogP contribution in [0.5, 0.6) is 0 Å². The molecule has 1 saturated heterocycles. The van der Waals surface area contributed by atoms with Crippen molar-refractivity contribution in [2.45, 2.75) is 0 Å². The zero-order valence-corrected chi connectivity index (χ0v) is 11.5. The first-order chi connectivity index (χ1) is 9.15. The maximum absolute atomic E-state index is 12.5. The van der Waals surface area contributed by atoms with Gasteiger partial charge in [0.25, 0.3) is 5.91 Å². The molecule has 0 spiro atoms. The largest absolute Gasteiger partial charge is 0.351 e. The fraction of sp³-hybridized carbons (Fsp3) is 0.400. The molecule has 0 aliphatic carbocycles. The van der Waals surface area contributed by atoms with Gasteiger partial charge in [-0.15, -0.1) is 0 Å². The maximum atomic E-state index is 12.5. The number of likely N-dealkylation sites (N-methyl/N-ethyl adjacent to an activating group) is 1. The second kappa shape index (κ2) is 4.70. The quantitative estimate of drug-likeness (QED) is 0.776. The second-order valence-electron chi connectivity index (χ2n) is 5.30. The Morgan fingerprint density at radius 1 is 1.05 bits per heavy atom. The molecule has 0 saturated carbocycles. The van der Waals surface area contributed by atoms with Crippen molar-refractivity contribution in [2.24, 2.45) is 7.05 Å². The standard InChI is InChI=1S/C15H19N3O/c1-16-7-9-18(10-8-16)15(19)13-3-4-14-12(11-13)5-6-17(14)2/h3-6,11H,7-10H2,1-2H3. The molecular formula is C15H19N3O. The first-order valence-corrected chi connectivity index (χ1v) is 6.68. The van der Waals surface area contributed by atoms with Gasteiger partial charge < -0.3 is 14.4 Å². The summed E-state index contributed by atoms with van der Waals surface area (Å²) in [5, 5.41) is 1.13. The molecule has 19 heavy (non-hydrogen) atoms. The first-order valence-electron chi connectivity index (χ1n) is 6.68. The first kappa shape index (κ1) is 12.2. The number of rotatable bonds is 1. The number of hydrogen-bond donors (Lipinski definition) is 0. The third-order valence-corrected chi connectivity index (χ3v) is 3.92. The summed E-state index contributed by atoms with van der Waals surface area (Å²) in [5.74, 6) is 0.152. The van der Waals surface area contributed by atoms with E-state index in [1.807, 2.05) is 36.3 Å². The van der Waals surface area contributed by atoms with E-state index >= 15 is 0 Å². The van der Waals surface area contributed by atoms with Crippen LogP contribution < -0.4 is 0 Å². The van der Waals surface area contributed by atoms with E-state index in [0.29, 0.717) is 0 Å². The minimum absolute atomic E-state index is 0.152. The lowest BCUT2D eigenvalue weighted by Gasteiger charge is -2.32. The highest BCUT2D eigenvalue weighted by atomic mass is 16.2. The molecule has 1 aliphatic heterocycles. The fourth-order valence-corrected chi connectivity index (χ4v) is 2.61. The molecule has 0 unspecified atom stereocenters. The van der Waals surface area contributed by atoms with E-state index in [1.165, 1.54) is 0 Å². The fourth-order valence-electron chi connectivity index (χ4n) is 2.61. The zero-order valence-electron chi connectivity index (χ0n) is 11.5. The van der Waals surface area contributed by atoms with Crippen LogP contribution >= 0.6 is 0 Å².